The van der Waals surface area contributed by atoms with Crippen molar-refractivity contribution in [1.29, 1.82) is 0 Å². The van der Waals surface area contributed by atoms with E-state index in [9.17, 15) is 9.59 Å². The molecule has 24 heavy (non-hydrogen) atoms. The van der Waals surface area contributed by atoms with E-state index in [1.54, 1.807) is 25.2 Å². The van der Waals surface area contributed by atoms with Crippen LogP contribution in [0.5, 0.6) is 0 Å². The average Bonchev–Trinajstić information content (AvgIpc) is 2.56. The first-order valence-electron chi connectivity index (χ1n) is 8.55. The van der Waals surface area contributed by atoms with Crippen LogP contribution in [0.2, 0.25) is 0 Å². The Morgan fingerprint density at radius 1 is 1.38 bits per heavy atom. The third-order valence-corrected chi connectivity index (χ3v) is 4.85. The molecular formula is C18H28N4O2. The first-order chi connectivity index (χ1) is 11.4. The van der Waals surface area contributed by atoms with Crippen LogP contribution in [0.25, 0.3) is 0 Å². The average molecular weight is 332 g/mol. The molecule has 2 N–H and O–H groups in total. The van der Waals surface area contributed by atoms with Gasteiger partial charge in [0.15, 0.2) is 0 Å². The molecule has 0 radical (unpaired) electrons. The van der Waals surface area contributed by atoms with E-state index in [0.29, 0.717) is 13.1 Å². The molecule has 1 aromatic heterocycles. The second kappa shape index (κ2) is 8.24. The molecule has 0 aromatic carbocycles. The van der Waals surface area contributed by atoms with Crippen LogP contribution in [0.1, 0.15) is 31.4 Å². The maximum absolute atomic E-state index is 12.2. The lowest BCUT2D eigenvalue weighted by Gasteiger charge is -2.40. The van der Waals surface area contributed by atoms with E-state index in [2.05, 4.69) is 9.88 Å². The number of nitrogens with zero attached hydrogens (tertiary/aromatic N) is 3. The van der Waals surface area contributed by atoms with Gasteiger partial charge in [-0.3, -0.25) is 19.5 Å². The Kier molecular flexibility index (Phi) is 6.31. The van der Waals surface area contributed by atoms with Gasteiger partial charge in [0.2, 0.25) is 11.8 Å². The Balaban J connectivity index is 1.96. The maximum Gasteiger partial charge on any atom is 0.236 e. The Morgan fingerprint density at radius 2 is 2.17 bits per heavy atom. The first-order valence-corrected chi connectivity index (χ1v) is 8.55. The highest BCUT2D eigenvalue weighted by Crippen LogP contribution is 2.35. The second-order valence-electron chi connectivity index (χ2n) is 6.92. The summed E-state index contributed by atoms with van der Waals surface area (Å²) in [5.41, 5.74) is 6.26. The highest BCUT2D eigenvalue weighted by molar-refractivity contribution is 5.81. The molecular weight excluding hydrogens is 304 g/mol. The number of hydrogen-bond donors (Lipinski definition) is 1. The van der Waals surface area contributed by atoms with Gasteiger partial charge in [-0.15, -0.1) is 0 Å². The third kappa shape index (κ3) is 4.77. The minimum absolute atomic E-state index is 0.0590. The number of amides is 2. The molecule has 1 aliphatic rings. The lowest BCUT2D eigenvalue weighted by Crippen LogP contribution is -2.52. The van der Waals surface area contributed by atoms with Gasteiger partial charge in [-0.25, -0.2) is 0 Å². The molecule has 132 valence electrons. The van der Waals surface area contributed by atoms with Crippen molar-refractivity contribution in [3.05, 3.63) is 30.1 Å². The van der Waals surface area contributed by atoms with Crippen LogP contribution in [0.4, 0.5) is 0 Å². The summed E-state index contributed by atoms with van der Waals surface area (Å²) in [7, 11) is 3.50. The van der Waals surface area contributed by atoms with Crippen molar-refractivity contribution < 1.29 is 9.59 Å². The molecule has 0 saturated carbocycles. The van der Waals surface area contributed by atoms with Crippen molar-refractivity contribution in [3.8, 4) is 0 Å². The molecule has 2 amide bonds. The van der Waals surface area contributed by atoms with Crippen LogP contribution >= 0.6 is 0 Å². The van der Waals surface area contributed by atoms with E-state index in [-0.39, 0.29) is 11.8 Å². The van der Waals surface area contributed by atoms with Crippen LogP contribution in [-0.4, -0.2) is 60.3 Å². The first kappa shape index (κ1) is 18.4. The van der Waals surface area contributed by atoms with Crippen LogP contribution in [-0.2, 0) is 16.0 Å². The zero-order valence-corrected chi connectivity index (χ0v) is 14.7. The monoisotopic (exact) mass is 332 g/mol. The molecule has 2 heterocycles. The molecule has 1 aromatic rings. The van der Waals surface area contributed by atoms with E-state index in [1.165, 1.54) is 0 Å². The Hall–Kier alpha value is -1.95. The van der Waals surface area contributed by atoms with Crippen LogP contribution in [0.3, 0.4) is 0 Å². The van der Waals surface area contributed by atoms with Gasteiger partial charge in [0.05, 0.1) is 12.0 Å². The van der Waals surface area contributed by atoms with Gasteiger partial charge in [-0.2, -0.15) is 0 Å². The largest absolute Gasteiger partial charge is 0.369 e. The van der Waals surface area contributed by atoms with Crippen molar-refractivity contribution in [2.24, 2.45) is 11.1 Å². The minimum atomic E-state index is -0.528. The fourth-order valence-electron chi connectivity index (χ4n) is 3.38. The molecule has 0 spiro atoms. The van der Waals surface area contributed by atoms with E-state index in [4.69, 9.17) is 5.73 Å². The number of aromatic nitrogens is 1. The molecule has 1 unspecified atom stereocenters. The topological polar surface area (TPSA) is 79.5 Å². The number of rotatable bonds is 7. The SMILES string of the molecule is CN(C)C(=O)CN1CCCC(CCCc2ccccn2)(C(N)=O)C1. The van der Waals surface area contributed by atoms with E-state index >= 15 is 0 Å². The van der Waals surface area contributed by atoms with Crippen molar-refractivity contribution in [2.45, 2.75) is 32.1 Å². The maximum atomic E-state index is 12.2. The van der Waals surface area contributed by atoms with Crippen molar-refractivity contribution >= 4 is 11.8 Å². The normalized spacial score (nSPS) is 21.4. The molecule has 6 heteroatoms. The van der Waals surface area contributed by atoms with E-state index in [0.717, 1.165) is 44.3 Å². The molecule has 1 saturated heterocycles. The lowest BCUT2D eigenvalue weighted by molar-refractivity contribution is -0.136. The number of piperidine rings is 1. The minimum Gasteiger partial charge on any atom is -0.369 e. The molecule has 0 aliphatic carbocycles. The summed E-state index contributed by atoms with van der Waals surface area (Å²) in [5.74, 6) is -0.186. The van der Waals surface area contributed by atoms with Gasteiger partial charge in [-0.05, 0) is 50.8 Å². The van der Waals surface area contributed by atoms with Gasteiger partial charge < -0.3 is 10.6 Å². The number of carbonyl (C=O) groups excluding carboxylic acids is 2. The number of likely N-dealkylation sites (tertiary alicyclic amines) is 1. The molecule has 1 fully saturated rings. The Labute approximate surface area is 144 Å². The predicted molar refractivity (Wildman–Crippen MR) is 93.2 cm³/mol. The summed E-state index contributed by atoms with van der Waals surface area (Å²) in [4.78, 5) is 32.1. The van der Waals surface area contributed by atoms with E-state index in [1.807, 2.05) is 18.2 Å². The van der Waals surface area contributed by atoms with E-state index < -0.39 is 5.41 Å². The smallest absolute Gasteiger partial charge is 0.236 e. The van der Waals surface area contributed by atoms with Crippen molar-refractivity contribution in [3.63, 3.8) is 0 Å². The lowest BCUT2D eigenvalue weighted by atomic mass is 9.75. The summed E-state index contributed by atoms with van der Waals surface area (Å²) >= 11 is 0. The van der Waals surface area contributed by atoms with Gasteiger partial charge in [-0.1, -0.05) is 6.07 Å². The van der Waals surface area contributed by atoms with Crippen LogP contribution in [0.15, 0.2) is 24.4 Å². The highest BCUT2D eigenvalue weighted by atomic mass is 16.2. The van der Waals surface area contributed by atoms with Crippen molar-refractivity contribution in [1.82, 2.24) is 14.8 Å². The standard InChI is InChI=1S/C18H28N4O2/c1-21(2)16(23)13-22-12-6-10-18(14-22,17(19)24)9-5-8-15-7-3-4-11-20-15/h3-4,7,11H,5-6,8-10,12-14H2,1-2H3,(H2,19,24). The number of likely N-dealkylation sites (N-methyl/N-ethyl adjacent to an activating group) is 1. The number of primary amides is 1. The Bertz CT molecular complexity index is 561. The molecule has 6 nitrogen and oxygen atoms in total. The van der Waals surface area contributed by atoms with Crippen LogP contribution in [0, 0.1) is 5.41 Å². The third-order valence-electron chi connectivity index (χ3n) is 4.85. The molecule has 1 atom stereocenters. The summed E-state index contributed by atoms with van der Waals surface area (Å²) in [5, 5.41) is 0. The van der Waals surface area contributed by atoms with Gasteiger partial charge >= 0.3 is 0 Å². The number of pyridine rings is 1. The number of hydrogen-bond acceptors (Lipinski definition) is 4. The number of carbonyl (C=O) groups is 2. The van der Waals surface area contributed by atoms with Gasteiger partial charge in [0, 0.05) is 32.5 Å². The summed E-state index contributed by atoms with van der Waals surface area (Å²) in [6, 6.07) is 5.87. The van der Waals surface area contributed by atoms with Crippen molar-refractivity contribution in [2.75, 3.05) is 33.7 Å². The zero-order chi connectivity index (χ0) is 17.6. The second-order valence-corrected chi connectivity index (χ2v) is 6.92. The summed E-state index contributed by atoms with van der Waals surface area (Å²) < 4.78 is 0. The fourth-order valence-corrected chi connectivity index (χ4v) is 3.38. The fraction of sp³-hybridized carbons (Fsp3) is 0.611. The molecule has 0 bridgehead atoms. The quantitative estimate of drug-likeness (QED) is 0.810. The molecule has 1 aliphatic heterocycles. The Morgan fingerprint density at radius 3 is 2.79 bits per heavy atom. The molecule has 2 rings (SSSR count). The van der Waals surface area contributed by atoms with Gasteiger partial charge in [0.1, 0.15) is 0 Å². The highest BCUT2D eigenvalue weighted by Gasteiger charge is 2.40. The predicted octanol–water partition coefficient (Wildman–Crippen LogP) is 1.06. The zero-order valence-electron chi connectivity index (χ0n) is 14.7. The van der Waals surface area contributed by atoms with Gasteiger partial charge in [0.25, 0.3) is 0 Å². The number of nitrogens with two attached hydrogens (primary N) is 1. The summed E-state index contributed by atoms with van der Waals surface area (Å²) in [6.07, 6.45) is 5.94. The number of aryl methyl sites for hydroxylation is 1. The van der Waals surface area contributed by atoms with Crippen LogP contribution < -0.4 is 5.73 Å². The summed E-state index contributed by atoms with van der Waals surface area (Å²) in [6.45, 7) is 1.77.